The molecule has 0 saturated carbocycles. The van der Waals surface area contributed by atoms with Gasteiger partial charge in [-0.15, -0.1) is 5.10 Å². The summed E-state index contributed by atoms with van der Waals surface area (Å²) < 4.78 is 5.31. The van der Waals surface area contributed by atoms with Crippen LogP contribution in [-0.2, 0) is 6.42 Å². The van der Waals surface area contributed by atoms with Crippen LogP contribution in [0, 0.1) is 0 Å². The second-order valence-electron chi connectivity index (χ2n) is 3.77. The molecule has 2 heterocycles. The zero-order chi connectivity index (χ0) is 12.1. The summed E-state index contributed by atoms with van der Waals surface area (Å²) in [6, 6.07) is 4.12. The summed E-state index contributed by atoms with van der Waals surface area (Å²) >= 11 is 0. The SMILES string of the molecule is CC(N)c1nnc(NCCc2ccncc2)o1. The van der Waals surface area contributed by atoms with Crippen LogP contribution < -0.4 is 11.1 Å². The molecular formula is C11H15N5O. The maximum Gasteiger partial charge on any atom is 0.315 e. The lowest BCUT2D eigenvalue weighted by atomic mass is 10.2. The highest BCUT2D eigenvalue weighted by Crippen LogP contribution is 2.11. The van der Waals surface area contributed by atoms with Gasteiger partial charge in [-0.2, -0.15) is 0 Å². The highest BCUT2D eigenvalue weighted by Gasteiger charge is 2.08. The fourth-order valence-corrected chi connectivity index (χ4v) is 1.35. The van der Waals surface area contributed by atoms with Crippen LogP contribution in [0.25, 0.3) is 0 Å². The predicted octanol–water partition coefficient (Wildman–Crippen LogP) is 1.14. The zero-order valence-corrected chi connectivity index (χ0v) is 9.63. The van der Waals surface area contributed by atoms with Crippen LogP contribution in [-0.4, -0.2) is 21.7 Å². The molecule has 90 valence electrons. The van der Waals surface area contributed by atoms with Gasteiger partial charge in [0.25, 0.3) is 0 Å². The topological polar surface area (TPSA) is 89.9 Å². The van der Waals surface area contributed by atoms with E-state index >= 15 is 0 Å². The van der Waals surface area contributed by atoms with Crippen molar-refractivity contribution in [1.29, 1.82) is 0 Å². The van der Waals surface area contributed by atoms with Crippen LogP contribution in [0.2, 0.25) is 0 Å². The van der Waals surface area contributed by atoms with Gasteiger partial charge in [-0.05, 0) is 31.0 Å². The second-order valence-corrected chi connectivity index (χ2v) is 3.77. The number of nitrogens with two attached hydrogens (primary N) is 1. The van der Waals surface area contributed by atoms with Gasteiger partial charge < -0.3 is 15.5 Å². The molecule has 0 fully saturated rings. The molecule has 0 aliphatic carbocycles. The summed E-state index contributed by atoms with van der Waals surface area (Å²) in [6.45, 7) is 2.53. The summed E-state index contributed by atoms with van der Waals surface area (Å²) in [4.78, 5) is 3.96. The molecule has 0 spiro atoms. The Bertz CT molecular complexity index is 454. The minimum atomic E-state index is -0.238. The maximum absolute atomic E-state index is 5.62. The Labute approximate surface area is 99.3 Å². The lowest BCUT2D eigenvalue weighted by Crippen LogP contribution is -2.05. The zero-order valence-electron chi connectivity index (χ0n) is 9.63. The number of pyridine rings is 1. The predicted molar refractivity (Wildman–Crippen MR) is 63.3 cm³/mol. The number of hydrogen-bond acceptors (Lipinski definition) is 6. The van der Waals surface area contributed by atoms with Crippen molar-refractivity contribution in [3.05, 3.63) is 36.0 Å². The third kappa shape index (κ3) is 3.25. The minimum Gasteiger partial charge on any atom is -0.406 e. The molecule has 2 aromatic heterocycles. The lowest BCUT2D eigenvalue weighted by molar-refractivity contribution is 0.473. The summed E-state index contributed by atoms with van der Waals surface area (Å²) in [6.07, 6.45) is 4.42. The molecule has 0 bridgehead atoms. The van der Waals surface area contributed by atoms with Gasteiger partial charge in [-0.3, -0.25) is 4.98 Å². The first-order chi connectivity index (χ1) is 8.25. The van der Waals surface area contributed by atoms with E-state index in [1.807, 2.05) is 12.1 Å². The lowest BCUT2D eigenvalue weighted by Gasteiger charge is -2.01. The van der Waals surface area contributed by atoms with Gasteiger partial charge in [-0.25, -0.2) is 0 Å². The van der Waals surface area contributed by atoms with Crippen molar-refractivity contribution in [3.8, 4) is 0 Å². The second kappa shape index (κ2) is 5.40. The summed E-state index contributed by atoms with van der Waals surface area (Å²) in [5.41, 5.74) is 6.82. The van der Waals surface area contributed by atoms with E-state index in [0.717, 1.165) is 13.0 Å². The van der Waals surface area contributed by atoms with Crippen molar-refractivity contribution in [2.45, 2.75) is 19.4 Å². The smallest absolute Gasteiger partial charge is 0.315 e. The van der Waals surface area contributed by atoms with Gasteiger partial charge in [0.05, 0.1) is 6.04 Å². The minimum absolute atomic E-state index is 0.238. The monoisotopic (exact) mass is 233 g/mol. The average molecular weight is 233 g/mol. The van der Waals surface area contributed by atoms with Crippen LogP contribution in [0.5, 0.6) is 0 Å². The van der Waals surface area contributed by atoms with E-state index in [1.165, 1.54) is 5.56 Å². The summed E-state index contributed by atoms with van der Waals surface area (Å²) in [7, 11) is 0. The van der Waals surface area contributed by atoms with Crippen molar-refractivity contribution in [3.63, 3.8) is 0 Å². The molecule has 0 radical (unpaired) electrons. The van der Waals surface area contributed by atoms with Crippen LogP contribution >= 0.6 is 0 Å². The van der Waals surface area contributed by atoms with Crippen molar-refractivity contribution in [2.75, 3.05) is 11.9 Å². The number of nitrogens with one attached hydrogen (secondary N) is 1. The van der Waals surface area contributed by atoms with E-state index in [-0.39, 0.29) is 6.04 Å². The molecule has 3 N–H and O–H groups in total. The standard InChI is InChI=1S/C11H15N5O/c1-8(12)10-15-16-11(17-10)14-7-4-9-2-5-13-6-3-9/h2-3,5-6,8H,4,7,12H2,1H3,(H,14,16). The Balaban J connectivity index is 1.82. The van der Waals surface area contributed by atoms with Crippen LogP contribution in [0.1, 0.15) is 24.4 Å². The van der Waals surface area contributed by atoms with E-state index in [4.69, 9.17) is 10.2 Å². The molecule has 0 aliphatic heterocycles. The quantitative estimate of drug-likeness (QED) is 0.804. The molecular weight excluding hydrogens is 218 g/mol. The molecule has 1 unspecified atom stereocenters. The molecule has 6 nitrogen and oxygen atoms in total. The Morgan fingerprint density at radius 3 is 2.76 bits per heavy atom. The van der Waals surface area contributed by atoms with Gasteiger partial charge >= 0.3 is 6.01 Å². The van der Waals surface area contributed by atoms with Crippen LogP contribution in [0.4, 0.5) is 6.01 Å². The fraction of sp³-hybridized carbons (Fsp3) is 0.364. The first-order valence-corrected chi connectivity index (χ1v) is 5.47. The number of nitrogens with zero attached hydrogens (tertiary/aromatic N) is 3. The van der Waals surface area contributed by atoms with Gasteiger partial charge in [0, 0.05) is 18.9 Å². The van der Waals surface area contributed by atoms with Crippen LogP contribution in [0.15, 0.2) is 28.9 Å². The highest BCUT2D eigenvalue weighted by molar-refractivity contribution is 5.19. The molecule has 0 aromatic carbocycles. The van der Waals surface area contributed by atoms with Gasteiger partial charge in [-0.1, -0.05) is 5.10 Å². The number of hydrogen-bond donors (Lipinski definition) is 2. The van der Waals surface area contributed by atoms with Gasteiger partial charge in [0.2, 0.25) is 5.89 Å². The fourth-order valence-electron chi connectivity index (χ4n) is 1.35. The molecule has 2 aromatic rings. The van der Waals surface area contributed by atoms with Crippen molar-refractivity contribution in [2.24, 2.45) is 5.73 Å². The van der Waals surface area contributed by atoms with Crippen molar-refractivity contribution in [1.82, 2.24) is 15.2 Å². The van der Waals surface area contributed by atoms with E-state index in [9.17, 15) is 0 Å². The van der Waals surface area contributed by atoms with Gasteiger partial charge in [0.15, 0.2) is 0 Å². The molecule has 6 heteroatoms. The first kappa shape index (κ1) is 11.5. The average Bonchev–Trinajstić information content (AvgIpc) is 2.79. The molecule has 0 aliphatic rings. The molecule has 0 amide bonds. The van der Waals surface area contributed by atoms with Gasteiger partial charge in [0.1, 0.15) is 0 Å². The highest BCUT2D eigenvalue weighted by atomic mass is 16.4. The Hall–Kier alpha value is -1.95. The van der Waals surface area contributed by atoms with E-state index in [1.54, 1.807) is 19.3 Å². The van der Waals surface area contributed by atoms with Crippen molar-refractivity contribution >= 4 is 6.01 Å². The molecule has 0 saturated heterocycles. The first-order valence-electron chi connectivity index (χ1n) is 5.47. The number of aromatic nitrogens is 3. The van der Waals surface area contributed by atoms with E-state index in [2.05, 4.69) is 20.5 Å². The van der Waals surface area contributed by atoms with E-state index < -0.39 is 0 Å². The maximum atomic E-state index is 5.62. The normalized spacial score (nSPS) is 12.4. The Morgan fingerprint density at radius 1 is 1.35 bits per heavy atom. The Kier molecular flexibility index (Phi) is 3.66. The molecule has 1 atom stereocenters. The third-order valence-electron chi connectivity index (χ3n) is 2.27. The largest absolute Gasteiger partial charge is 0.406 e. The molecule has 17 heavy (non-hydrogen) atoms. The Morgan fingerprint density at radius 2 is 2.12 bits per heavy atom. The van der Waals surface area contributed by atoms with E-state index in [0.29, 0.717) is 11.9 Å². The third-order valence-corrected chi connectivity index (χ3v) is 2.27. The van der Waals surface area contributed by atoms with Crippen molar-refractivity contribution < 1.29 is 4.42 Å². The summed E-state index contributed by atoms with van der Waals surface area (Å²) in [5, 5.41) is 10.7. The number of anilines is 1. The summed E-state index contributed by atoms with van der Waals surface area (Å²) in [5.74, 6) is 0.441. The number of rotatable bonds is 5. The van der Waals surface area contributed by atoms with Crippen LogP contribution in [0.3, 0.4) is 0 Å². The molecule has 2 rings (SSSR count).